The highest BCUT2D eigenvalue weighted by molar-refractivity contribution is 5.86. The van der Waals surface area contributed by atoms with Gasteiger partial charge in [0.1, 0.15) is 12.6 Å². The average Bonchev–Trinajstić information content (AvgIpc) is 2.34. The van der Waals surface area contributed by atoms with Crippen molar-refractivity contribution in [2.45, 2.75) is 39.3 Å². The lowest BCUT2D eigenvalue weighted by Crippen LogP contribution is -2.51. The van der Waals surface area contributed by atoms with E-state index in [1.165, 1.54) is 4.90 Å². The summed E-state index contributed by atoms with van der Waals surface area (Å²) >= 11 is 0. The molecule has 0 aromatic carbocycles. The summed E-state index contributed by atoms with van der Waals surface area (Å²) in [7, 11) is 0. The van der Waals surface area contributed by atoms with Crippen molar-refractivity contribution >= 4 is 17.9 Å². The minimum atomic E-state index is -1.23. The Morgan fingerprint density at radius 3 is 2.20 bits per heavy atom. The monoisotopic (exact) mass is 289 g/mol. The van der Waals surface area contributed by atoms with Gasteiger partial charge in [-0.05, 0) is 20.8 Å². The van der Waals surface area contributed by atoms with E-state index in [2.05, 4.69) is 10.6 Å². The van der Waals surface area contributed by atoms with Crippen LogP contribution in [0.3, 0.4) is 0 Å². The van der Waals surface area contributed by atoms with Crippen molar-refractivity contribution in [3.63, 3.8) is 0 Å². The summed E-state index contributed by atoms with van der Waals surface area (Å²) in [6.45, 7) is 5.06. The van der Waals surface area contributed by atoms with Gasteiger partial charge in [0.25, 0.3) is 0 Å². The summed E-state index contributed by atoms with van der Waals surface area (Å²) < 4.78 is 0. The van der Waals surface area contributed by atoms with Gasteiger partial charge in [-0.1, -0.05) is 0 Å². The number of likely N-dealkylation sites (N-methyl/N-ethyl adjacent to an activating group) is 1. The fourth-order valence-corrected chi connectivity index (χ4v) is 1.49. The molecule has 0 saturated carbocycles. The molecule has 0 spiro atoms. The molecule has 0 aromatic rings. The van der Waals surface area contributed by atoms with E-state index in [0.29, 0.717) is 0 Å². The van der Waals surface area contributed by atoms with Gasteiger partial charge in [-0.15, -0.1) is 0 Å². The molecular formula is C12H23N3O5. The summed E-state index contributed by atoms with van der Waals surface area (Å²) in [6, 6.07) is -1.85. The fraction of sp³-hybridized carbons (Fsp3) is 0.750. The molecule has 116 valence electrons. The maximum atomic E-state index is 11.9. The Morgan fingerprint density at radius 1 is 1.20 bits per heavy atom. The summed E-state index contributed by atoms with van der Waals surface area (Å²) in [5.74, 6) is -1.54. The second kappa shape index (κ2) is 9.13. The molecule has 0 bridgehead atoms. The Morgan fingerprint density at radius 2 is 1.80 bits per heavy atom. The molecule has 0 heterocycles. The van der Waals surface area contributed by atoms with Crippen LogP contribution in [-0.4, -0.2) is 64.8 Å². The summed E-state index contributed by atoms with van der Waals surface area (Å²) in [4.78, 5) is 35.5. The quantitative estimate of drug-likeness (QED) is 0.475. The number of rotatable bonds is 8. The van der Waals surface area contributed by atoms with Crippen LogP contribution in [0.5, 0.6) is 0 Å². The molecule has 4 N–H and O–H groups in total. The number of hydrogen-bond donors (Lipinski definition) is 4. The predicted molar refractivity (Wildman–Crippen MR) is 72.2 cm³/mol. The molecule has 0 aliphatic rings. The Bertz CT molecular complexity index is 346. The Balaban J connectivity index is 4.53. The number of aliphatic hydroxyl groups is 1. The van der Waals surface area contributed by atoms with Gasteiger partial charge in [0.05, 0.1) is 0 Å². The van der Waals surface area contributed by atoms with E-state index in [-0.39, 0.29) is 38.1 Å². The van der Waals surface area contributed by atoms with Crippen LogP contribution in [0.1, 0.15) is 27.2 Å². The van der Waals surface area contributed by atoms with E-state index in [1.807, 2.05) is 0 Å². The number of carboxylic acids is 1. The molecule has 20 heavy (non-hydrogen) atoms. The van der Waals surface area contributed by atoms with E-state index in [0.717, 1.165) is 0 Å². The highest BCUT2D eigenvalue weighted by Crippen LogP contribution is 1.96. The number of aliphatic hydroxyl groups excluding tert-OH is 1. The summed E-state index contributed by atoms with van der Waals surface area (Å²) in [6.07, 6.45) is -0.0865. The summed E-state index contributed by atoms with van der Waals surface area (Å²) in [5, 5.41) is 22.6. The average molecular weight is 289 g/mol. The highest BCUT2D eigenvalue weighted by atomic mass is 16.4. The van der Waals surface area contributed by atoms with E-state index < -0.39 is 18.0 Å². The van der Waals surface area contributed by atoms with Gasteiger partial charge in [-0.25, -0.2) is 9.59 Å². The highest BCUT2D eigenvalue weighted by Gasteiger charge is 2.23. The normalized spacial score (nSPS) is 11.8. The van der Waals surface area contributed by atoms with Crippen LogP contribution in [0, 0.1) is 0 Å². The number of aliphatic carboxylic acids is 1. The number of carbonyl (C=O) groups is 3. The number of nitrogens with one attached hydrogen (secondary N) is 2. The lowest BCUT2D eigenvalue weighted by atomic mass is 10.2. The van der Waals surface area contributed by atoms with Gasteiger partial charge in [0.2, 0.25) is 5.91 Å². The van der Waals surface area contributed by atoms with Crippen LogP contribution in [0.4, 0.5) is 4.79 Å². The molecule has 0 aliphatic heterocycles. The Labute approximate surface area is 118 Å². The second-order valence-electron chi connectivity index (χ2n) is 4.59. The summed E-state index contributed by atoms with van der Waals surface area (Å²) in [5.41, 5.74) is 0. The van der Waals surface area contributed by atoms with Crippen molar-refractivity contribution in [3.8, 4) is 0 Å². The SMILES string of the molecule is CCN(CC(=O)NC(C)C)C(=O)NC(CCO)C(=O)O. The molecule has 1 unspecified atom stereocenters. The maximum Gasteiger partial charge on any atom is 0.326 e. The Hall–Kier alpha value is -1.83. The second-order valence-corrected chi connectivity index (χ2v) is 4.59. The first kappa shape index (κ1) is 18.2. The number of carbonyl (C=O) groups excluding carboxylic acids is 2. The molecule has 0 saturated heterocycles. The van der Waals surface area contributed by atoms with E-state index >= 15 is 0 Å². The third-order valence-corrected chi connectivity index (χ3v) is 2.47. The number of hydrogen-bond acceptors (Lipinski definition) is 4. The lowest BCUT2D eigenvalue weighted by molar-refractivity contribution is -0.139. The number of nitrogens with zero attached hydrogens (tertiary/aromatic N) is 1. The van der Waals surface area contributed by atoms with Crippen LogP contribution < -0.4 is 10.6 Å². The first-order valence-corrected chi connectivity index (χ1v) is 6.50. The van der Waals surface area contributed by atoms with Crippen molar-refractivity contribution in [1.82, 2.24) is 15.5 Å². The van der Waals surface area contributed by atoms with Gasteiger partial charge < -0.3 is 25.7 Å². The zero-order valence-corrected chi connectivity index (χ0v) is 12.0. The maximum absolute atomic E-state index is 11.9. The molecule has 8 heteroatoms. The number of urea groups is 1. The van der Waals surface area contributed by atoms with Crippen LogP contribution in [0.2, 0.25) is 0 Å². The smallest absolute Gasteiger partial charge is 0.326 e. The van der Waals surface area contributed by atoms with Crippen molar-refractivity contribution in [1.29, 1.82) is 0 Å². The van der Waals surface area contributed by atoms with Crippen LogP contribution in [0.25, 0.3) is 0 Å². The molecule has 0 aliphatic carbocycles. The minimum absolute atomic E-state index is 0.0366. The minimum Gasteiger partial charge on any atom is -0.480 e. The Kier molecular flexibility index (Phi) is 8.30. The van der Waals surface area contributed by atoms with Gasteiger partial charge in [0.15, 0.2) is 0 Å². The van der Waals surface area contributed by atoms with Gasteiger partial charge >= 0.3 is 12.0 Å². The molecule has 0 fully saturated rings. The first-order chi connectivity index (χ1) is 9.31. The van der Waals surface area contributed by atoms with Gasteiger partial charge in [0, 0.05) is 25.6 Å². The molecule has 1 atom stereocenters. The number of carboxylic acid groups (broad SMARTS) is 1. The first-order valence-electron chi connectivity index (χ1n) is 6.50. The largest absolute Gasteiger partial charge is 0.480 e. The van der Waals surface area contributed by atoms with Crippen molar-refractivity contribution < 1.29 is 24.6 Å². The molecule has 0 rings (SSSR count). The molecule has 8 nitrogen and oxygen atoms in total. The molecule has 0 aromatic heterocycles. The van der Waals surface area contributed by atoms with Crippen molar-refractivity contribution in [3.05, 3.63) is 0 Å². The predicted octanol–water partition coefficient (Wildman–Crippen LogP) is -0.622. The van der Waals surface area contributed by atoms with E-state index in [1.54, 1.807) is 20.8 Å². The van der Waals surface area contributed by atoms with Crippen molar-refractivity contribution in [2.24, 2.45) is 0 Å². The standard InChI is InChI=1S/C12H23N3O5/c1-4-15(7-10(17)13-8(2)3)12(20)14-9(5-6-16)11(18)19/h8-9,16H,4-7H2,1-3H3,(H,13,17)(H,14,20)(H,18,19). The van der Waals surface area contributed by atoms with E-state index in [9.17, 15) is 14.4 Å². The van der Waals surface area contributed by atoms with Crippen molar-refractivity contribution in [2.75, 3.05) is 19.7 Å². The number of amides is 3. The van der Waals surface area contributed by atoms with Crippen LogP contribution in [-0.2, 0) is 9.59 Å². The third-order valence-electron chi connectivity index (χ3n) is 2.47. The van der Waals surface area contributed by atoms with Crippen LogP contribution >= 0.6 is 0 Å². The topological polar surface area (TPSA) is 119 Å². The lowest BCUT2D eigenvalue weighted by Gasteiger charge is -2.23. The van der Waals surface area contributed by atoms with Crippen LogP contribution in [0.15, 0.2) is 0 Å². The molecule has 3 amide bonds. The zero-order chi connectivity index (χ0) is 15.7. The molecular weight excluding hydrogens is 266 g/mol. The zero-order valence-electron chi connectivity index (χ0n) is 12.0. The molecule has 0 radical (unpaired) electrons. The third kappa shape index (κ3) is 6.93. The van der Waals surface area contributed by atoms with Gasteiger partial charge in [-0.2, -0.15) is 0 Å². The van der Waals surface area contributed by atoms with Gasteiger partial charge in [-0.3, -0.25) is 4.79 Å². The van der Waals surface area contributed by atoms with E-state index in [4.69, 9.17) is 10.2 Å². The fourth-order valence-electron chi connectivity index (χ4n) is 1.49.